The molecule has 204 valence electrons. The molecule has 0 saturated heterocycles. The number of amides is 1. The predicted octanol–water partition coefficient (Wildman–Crippen LogP) is 3.37. The van der Waals surface area contributed by atoms with Crippen LogP contribution in [0.2, 0.25) is 0 Å². The van der Waals surface area contributed by atoms with Gasteiger partial charge in [0.15, 0.2) is 0 Å². The Morgan fingerprint density at radius 2 is 1.82 bits per heavy atom. The highest BCUT2D eigenvalue weighted by Gasteiger charge is 2.20. The normalized spacial score (nSPS) is 11.2. The van der Waals surface area contributed by atoms with E-state index in [1.165, 1.54) is 28.2 Å². The Labute approximate surface area is 227 Å². The molecular formula is C26H30N8O4S. The lowest BCUT2D eigenvalue weighted by molar-refractivity contribution is -0.128. The zero-order chi connectivity index (χ0) is 28.2. The van der Waals surface area contributed by atoms with Crippen LogP contribution in [0.5, 0.6) is 11.6 Å². The van der Waals surface area contributed by atoms with E-state index in [0.29, 0.717) is 30.2 Å². The van der Waals surface area contributed by atoms with Crippen LogP contribution in [-0.2, 0) is 21.9 Å². The SMILES string of the molecule is Cc1cccc(C)c1-c1cc(Oc2ccc(NCCC(=O)N(C)C)nc2)nc(NS(=O)(=O)c2cnn(C)c2)n1. The maximum atomic E-state index is 12.9. The van der Waals surface area contributed by atoms with E-state index in [4.69, 9.17) is 4.74 Å². The minimum Gasteiger partial charge on any atom is -0.437 e. The van der Waals surface area contributed by atoms with Gasteiger partial charge in [-0.1, -0.05) is 18.2 Å². The first-order valence-electron chi connectivity index (χ1n) is 12.1. The summed E-state index contributed by atoms with van der Waals surface area (Å²) in [5.41, 5.74) is 3.27. The first-order chi connectivity index (χ1) is 18.5. The van der Waals surface area contributed by atoms with Crippen LogP contribution in [0.1, 0.15) is 17.5 Å². The molecule has 1 amide bonds. The van der Waals surface area contributed by atoms with Gasteiger partial charge in [-0.2, -0.15) is 10.1 Å². The monoisotopic (exact) mass is 550 g/mol. The highest BCUT2D eigenvalue weighted by molar-refractivity contribution is 7.92. The van der Waals surface area contributed by atoms with Crippen molar-refractivity contribution in [3.8, 4) is 22.9 Å². The molecule has 0 atom stereocenters. The molecule has 0 spiro atoms. The minimum absolute atomic E-state index is 0.0147. The Morgan fingerprint density at radius 3 is 2.44 bits per heavy atom. The van der Waals surface area contributed by atoms with Crippen LogP contribution in [0.4, 0.5) is 11.8 Å². The number of anilines is 2. The number of carbonyl (C=O) groups excluding carboxylic acids is 1. The molecule has 0 aliphatic rings. The van der Waals surface area contributed by atoms with Crippen LogP contribution >= 0.6 is 0 Å². The molecule has 4 rings (SSSR count). The van der Waals surface area contributed by atoms with Crippen molar-refractivity contribution < 1.29 is 17.9 Å². The van der Waals surface area contributed by atoms with Crippen LogP contribution in [-0.4, -0.2) is 64.6 Å². The van der Waals surface area contributed by atoms with Crippen molar-refractivity contribution in [3.63, 3.8) is 0 Å². The van der Waals surface area contributed by atoms with Gasteiger partial charge in [0.2, 0.25) is 17.7 Å². The van der Waals surface area contributed by atoms with Gasteiger partial charge in [-0.3, -0.25) is 9.48 Å². The summed E-state index contributed by atoms with van der Waals surface area (Å²) in [5.74, 6) is 0.965. The molecule has 0 aliphatic carbocycles. The van der Waals surface area contributed by atoms with Crippen molar-refractivity contribution in [2.75, 3.05) is 30.7 Å². The van der Waals surface area contributed by atoms with Crippen LogP contribution in [0, 0.1) is 13.8 Å². The molecule has 39 heavy (non-hydrogen) atoms. The maximum Gasteiger partial charge on any atom is 0.267 e. The number of nitrogens with zero attached hydrogens (tertiary/aromatic N) is 6. The van der Waals surface area contributed by atoms with Crippen molar-refractivity contribution in [1.29, 1.82) is 0 Å². The number of rotatable bonds is 10. The van der Waals surface area contributed by atoms with E-state index in [9.17, 15) is 13.2 Å². The number of hydrogen-bond donors (Lipinski definition) is 2. The predicted molar refractivity (Wildman–Crippen MR) is 147 cm³/mol. The van der Waals surface area contributed by atoms with Gasteiger partial charge in [-0.05, 0) is 37.1 Å². The van der Waals surface area contributed by atoms with Crippen LogP contribution in [0.25, 0.3) is 11.3 Å². The Bertz CT molecular complexity index is 1560. The van der Waals surface area contributed by atoms with Crippen LogP contribution in [0.3, 0.4) is 0 Å². The minimum atomic E-state index is -3.99. The summed E-state index contributed by atoms with van der Waals surface area (Å²) in [6.07, 6.45) is 4.47. The highest BCUT2D eigenvalue weighted by atomic mass is 32.2. The zero-order valence-electron chi connectivity index (χ0n) is 22.3. The number of ether oxygens (including phenoxy) is 1. The summed E-state index contributed by atoms with van der Waals surface area (Å²) in [6, 6.07) is 10.9. The Balaban J connectivity index is 1.61. The number of aryl methyl sites for hydroxylation is 3. The van der Waals surface area contributed by atoms with Gasteiger partial charge in [0, 0.05) is 51.9 Å². The zero-order valence-corrected chi connectivity index (χ0v) is 23.2. The number of aromatic nitrogens is 5. The van der Waals surface area contributed by atoms with Crippen LogP contribution < -0.4 is 14.8 Å². The van der Waals surface area contributed by atoms with E-state index >= 15 is 0 Å². The molecular weight excluding hydrogens is 520 g/mol. The Hall–Kier alpha value is -4.52. The van der Waals surface area contributed by atoms with Gasteiger partial charge in [0.1, 0.15) is 16.5 Å². The summed E-state index contributed by atoms with van der Waals surface area (Å²) >= 11 is 0. The average molecular weight is 551 g/mol. The number of nitrogens with one attached hydrogen (secondary N) is 2. The van der Waals surface area contributed by atoms with E-state index in [-0.39, 0.29) is 22.6 Å². The van der Waals surface area contributed by atoms with Crippen molar-refractivity contribution >= 4 is 27.7 Å². The van der Waals surface area contributed by atoms with E-state index < -0.39 is 10.0 Å². The molecule has 12 nitrogen and oxygen atoms in total. The van der Waals surface area contributed by atoms with Crippen molar-refractivity contribution in [1.82, 2.24) is 29.6 Å². The lowest BCUT2D eigenvalue weighted by Gasteiger charge is -2.14. The molecule has 0 bridgehead atoms. The third-order valence-corrected chi connectivity index (χ3v) is 7.04. The molecule has 3 aromatic heterocycles. The number of carbonyl (C=O) groups is 1. The molecule has 0 unspecified atom stereocenters. The summed E-state index contributed by atoms with van der Waals surface area (Å²) in [6.45, 7) is 4.34. The molecule has 0 aliphatic heterocycles. The first kappa shape index (κ1) is 27.5. The number of hydrogen-bond acceptors (Lipinski definition) is 9. The standard InChI is InChI=1S/C26H30N8O4S/c1-17-7-6-8-18(2)25(17)21-13-23(31-26(30-21)32-39(36,37)20-15-29-34(5)16-20)38-19-9-10-22(28-14-19)27-12-11-24(35)33(3)4/h6-10,13-16H,11-12H2,1-5H3,(H,27,28)(H,30,31,32). The average Bonchev–Trinajstić information content (AvgIpc) is 3.32. The highest BCUT2D eigenvalue weighted by Crippen LogP contribution is 2.31. The van der Waals surface area contributed by atoms with Gasteiger partial charge in [-0.25, -0.2) is 23.1 Å². The third-order valence-electron chi connectivity index (χ3n) is 5.76. The second-order valence-corrected chi connectivity index (χ2v) is 10.8. The second kappa shape index (κ2) is 11.5. The Kier molecular flexibility index (Phi) is 8.10. The molecule has 1 aromatic carbocycles. The van der Waals surface area contributed by atoms with Gasteiger partial charge < -0.3 is 15.0 Å². The molecule has 13 heteroatoms. The largest absolute Gasteiger partial charge is 0.437 e. The molecule has 0 radical (unpaired) electrons. The van der Waals surface area contributed by atoms with Crippen molar-refractivity contribution in [2.24, 2.45) is 7.05 Å². The Morgan fingerprint density at radius 1 is 1.08 bits per heavy atom. The van der Waals surface area contributed by atoms with E-state index in [0.717, 1.165) is 16.7 Å². The van der Waals surface area contributed by atoms with Gasteiger partial charge in [-0.15, -0.1) is 0 Å². The number of pyridine rings is 1. The number of sulfonamides is 1. The first-order valence-corrected chi connectivity index (χ1v) is 13.6. The fourth-order valence-corrected chi connectivity index (χ4v) is 4.70. The molecule has 0 saturated carbocycles. The fourth-order valence-electron chi connectivity index (χ4n) is 3.77. The maximum absolute atomic E-state index is 12.9. The molecule has 0 fully saturated rings. The smallest absolute Gasteiger partial charge is 0.267 e. The lowest BCUT2D eigenvalue weighted by Crippen LogP contribution is -2.24. The molecule has 2 N–H and O–H groups in total. The summed E-state index contributed by atoms with van der Waals surface area (Å²) in [7, 11) is 1.06. The topological polar surface area (TPSA) is 144 Å². The third kappa shape index (κ3) is 6.87. The van der Waals surface area contributed by atoms with Crippen molar-refractivity contribution in [2.45, 2.75) is 25.2 Å². The molecule has 4 aromatic rings. The van der Waals surface area contributed by atoms with Gasteiger partial charge in [0.25, 0.3) is 10.0 Å². The van der Waals surface area contributed by atoms with Crippen molar-refractivity contribution in [3.05, 3.63) is 66.1 Å². The van der Waals surface area contributed by atoms with Crippen LogP contribution in [0.15, 0.2) is 59.9 Å². The van der Waals surface area contributed by atoms with E-state index in [1.807, 2.05) is 32.0 Å². The molecule has 3 heterocycles. The number of benzene rings is 1. The fraction of sp³-hybridized carbons (Fsp3) is 0.269. The lowest BCUT2D eigenvalue weighted by atomic mass is 10.00. The van der Waals surface area contributed by atoms with Gasteiger partial charge in [0.05, 0.1) is 18.1 Å². The summed E-state index contributed by atoms with van der Waals surface area (Å²) in [5, 5.41) is 7.02. The van der Waals surface area contributed by atoms with Gasteiger partial charge >= 0.3 is 0 Å². The van der Waals surface area contributed by atoms with E-state index in [2.05, 4.69) is 30.1 Å². The summed E-state index contributed by atoms with van der Waals surface area (Å²) in [4.78, 5) is 26.4. The second-order valence-electron chi connectivity index (χ2n) is 9.08. The quantitative estimate of drug-likeness (QED) is 0.304. The van der Waals surface area contributed by atoms with E-state index in [1.54, 1.807) is 39.3 Å². The summed E-state index contributed by atoms with van der Waals surface area (Å²) < 4.78 is 35.7.